The van der Waals surface area contributed by atoms with Crippen molar-refractivity contribution in [1.82, 2.24) is 15.5 Å². The fourth-order valence-electron chi connectivity index (χ4n) is 3.37. The van der Waals surface area contributed by atoms with Gasteiger partial charge < -0.3 is 16.4 Å². The molecule has 0 spiro atoms. The first-order valence-electron chi connectivity index (χ1n) is 6.68. The zero-order valence-corrected chi connectivity index (χ0v) is 10.7. The van der Waals surface area contributed by atoms with Gasteiger partial charge in [-0.15, -0.1) is 0 Å². The highest BCUT2D eigenvalue weighted by Crippen LogP contribution is 2.33. The average Bonchev–Trinajstić information content (AvgIpc) is 2.39. The first kappa shape index (κ1) is 12.8. The lowest BCUT2D eigenvalue weighted by molar-refractivity contribution is -0.137. The molecule has 0 aromatic rings. The molecule has 0 aliphatic carbocycles. The largest absolute Gasteiger partial charge is 0.368 e. The number of amides is 1. The second-order valence-electron chi connectivity index (χ2n) is 5.08. The minimum Gasteiger partial charge on any atom is -0.368 e. The molecule has 2 rings (SSSR count). The Hall–Kier alpha value is -0.650. The lowest BCUT2D eigenvalue weighted by Gasteiger charge is -2.50. The van der Waals surface area contributed by atoms with Crippen molar-refractivity contribution < 1.29 is 4.79 Å². The molecular weight excluding hydrogens is 216 g/mol. The van der Waals surface area contributed by atoms with Gasteiger partial charge in [0.05, 0.1) is 0 Å². The van der Waals surface area contributed by atoms with E-state index in [4.69, 9.17) is 5.73 Å². The van der Waals surface area contributed by atoms with Gasteiger partial charge in [-0.1, -0.05) is 6.92 Å². The number of primary amides is 1. The summed E-state index contributed by atoms with van der Waals surface area (Å²) in [6.45, 7) is 7.72. The molecule has 98 valence electrons. The van der Waals surface area contributed by atoms with Crippen molar-refractivity contribution in [2.45, 2.75) is 25.3 Å². The van der Waals surface area contributed by atoms with Crippen LogP contribution in [0.3, 0.4) is 0 Å². The third kappa shape index (κ3) is 2.19. The number of nitrogens with two attached hydrogens (primary N) is 1. The van der Waals surface area contributed by atoms with E-state index < -0.39 is 5.54 Å². The molecule has 0 aromatic heterocycles. The number of nitrogens with zero attached hydrogens (tertiary/aromatic N) is 1. The van der Waals surface area contributed by atoms with E-state index in [1.54, 1.807) is 0 Å². The summed E-state index contributed by atoms with van der Waals surface area (Å²) in [5.41, 5.74) is 5.36. The van der Waals surface area contributed by atoms with Crippen LogP contribution in [0.25, 0.3) is 0 Å². The number of rotatable bonds is 3. The van der Waals surface area contributed by atoms with Crippen molar-refractivity contribution in [1.29, 1.82) is 0 Å². The summed E-state index contributed by atoms with van der Waals surface area (Å²) in [6.07, 6.45) is 1.85. The maximum Gasteiger partial charge on any atom is 0.238 e. The minimum atomic E-state index is -0.415. The molecule has 4 N–H and O–H groups in total. The van der Waals surface area contributed by atoms with Gasteiger partial charge in [0.1, 0.15) is 5.54 Å². The van der Waals surface area contributed by atoms with Gasteiger partial charge in [0.15, 0.2) is 0 Å². The minimum absolute atomic E-state index is 0.132. The summed E-state index contributed by atoms with van der Waals surface area (Å²) in [5.74, 6) is 0.208. The van der Waals surface area contributed by atoms with Crippen molar-refractivity contribution >= 4 is 5.91 Å². The van der Waals surface area contributed by atoms with Gasteiger partial charge in [0.2, 0.25) is 5.91 Å². The molecule has 2 atom stereocenters. The average molecular weight is 240 g/mol. The summed E-state index contributed by atoms with van der Waals surface area (Å²) in [6, 6.07) is 0. The highest BCUT2D eigenvalue weighted by Gasteiger charge is 2.49. The van der Waals surface area contributed by atoms with Crippen LogP contribution in [0.4, 0.5) is 0 Å². The van der Waals surface area contributed by atoms with Crippen molar-refractivity contribution in [3.8, 4) is 0 Å². The molecule has 1 amide bonds. The van der Waals surface area contributed by atoms with E-state index in [9.17, 15) is 4.79 Å². The van der Waals surface area contributed by atoms with Gasteiger partial charge in [-0.2, -0.15) is 0 Å². The number of hydrogen-bond acceptors (Lipinski definition) is 4. The number of carbonyl (C=O) groups is 1. The number of piperazine rings is 1. The van der Waals surface area contributed by atoms with Crippen molar-refractivity contribution in [3.63, 3.8) is 0 Å². The van der Waals surface area contributed by atoms with Crippen LogP contribution < -0.4 is 16.4 Å². The fraction of sp³-hybridized carbons (Fsp3) is 0.917. The molecule has 2 aliphatic heterocycles. The Morgan fingerprint density at radius 2 is 2.06 bits per heavy atom. The number of hydrogen-bond donors (Lipinski definition) is 3. The molecule has 5 heteroatoms. The Kier molecular flexibility index (Phi) is 4.01. The predicted octanol–water partition coefficient (Wildman–Crippen LogP) is -0.865. The van der Waals surface area contributed by atoms with E-state index >= 15 is 0 Å². The highest BCUT2D eigenvalue weighted by molar-refractivity contribution is 5.85. The van der Waals surface area contributed by atoms with Crippen LogP contribution in [0.5, 0.6) is 0 Å². The van der Waals surface area contributed by atoms with E-state index in [1.165, 1.54) is 0 Å². The van der Waals surface area contributed by atoms with Crippen molar-refractivity contribution in [2.75, 3.05) is 39.3 Å². The molecule has 5 nitrogen and oxygen atoms in total. The third-order valence-electron chi connectivity index (χ3n) is 4.35. The molecule has 0 bridgehead atoms. The SMILES string of the molecule is CCC1CNCCC1(C(N)=O)N1CCNCC1. The summed E-state index contributed by atoms with van der Waals surface area (Å²) in [5, 5.41) is 6.72. The molecule has 0 saturated carbocycles. The van der Waals surface area contributed by atoms with Gasteiger partial charge in [0, 0.05) is 32.7 Å². The summed E-state index contributed by atoms with van der Waals surface area (Å²) in [7, 11) is 0. The molecule has 2 fully saturated rings. The molecule has 2 aliphatic rings. The topological polar surface area (TPSA) is 70.4 Å². The first-order valence-corrected chi connectivity index (χ1v) is 6.68. The second kappa shape index (κ2) is 5.33. The zero-order valence-electron chi connectivity index (χ0n) is 10.7. The Balaban J connectivity index is 2.25. The smallest absolute Gasteiger partial charge is 0.238 e. The molecule has 0 radical (unpaired) electrons. The molecule has 2 heterocycles. The second-order valence-corrected chi connectivity index (χ2v) is 5.08. The maximum atomic E-state index is 12.1. The monoisotopic (exact) mass is 240 g/mol. The molecule has 0 aromatic carbocycles. The summed E-state index contributed by atoms with van der Waals surface area (Å²) in [4.78, 5) is 14.4. The Labute approximate surface area is 103 Å². The van der Waals surface area contributed by atoms with Crippen LogP contribution in [0.2, 0.25) is 0 Å². The third-order valence-corrected chi connectivity index (χ3v) is 4.35. The molecule has 2 unspecified atom stereocenters. The van der Waals surface area contributed by atoms with Crippen molar-refractivity contribution in [2.24, 2.45) is 11.7 Å². The van der Waals surface area contributed by atoms with Crippen LogP contribution in [-0.2, 0) is 4.79 Å². The standard InChI is InChI=1S/C12H24N4O/c1-2-10-9-15-4-3-12(10,11(13)17)16-7-5-14-6-8-16/h10,14-15H,2-9H2,1H3,(H2,13,17). The van der Waals surface area contributed by atoms with Crippen LogP contribution >= 0.6 is 0 Å². The quantitative estimate of drug-likeness (QED) is 0.600. The van der Waals surface area contributed by atoms with Crippen LogP contribution in [0.15, 0.2) is 0 Å². The Morgan fingerprint density at radius 1 is 1.35 bits per heavy atom. The normalized spacial score (nSPS) is 35.7. The predicted molar refractivity (Wildman–Crippen MR) is 67.6 cm³/mol. The molecular formula is C12H24N4O. The van der Waals surface area contributed by atoms with Crippen LogP contribution in [-0.4, -0.2) is 55.6 Å². The number of carbonyl (C=O) groups excluding carboxylic acids is 1. The number of piperidine rings is 1. The molecule has 2 saturated heterocycles. The highest BCUT2D eigenvalue weighted by atomic mass is 16.1. The van der Waals surface area contributed by atoms with Gasteiger partial charge in [-0.3, -0.25) is 9.69 Å². The van der Waals surface area contributed by atoms with Crippen LogP contribution in [0.1, 0.15) is 19.8 Å². The fourth-order valence-corrected chi connectivity index (χ4v) is 3.37. The van der Waals surface area contributed by atoms with Gasteiger partial charge in [0.25, 0.3) is 0 Å². The van der Waals surface area contributed by atoms with E-state index in [0.29, 0.717) is 5.92 Å². The Bertz CT molecular complexity index is 278. The first-order chi connectivity index (χ1) is 8.21. The van der Waals surface area contributed by atoms with Gasteiger partial charge >= 0.3 is 0 Å². The van der Waals surface area contributed by atoms with Gasteiger partial charge in [-0.25, -0.2) is 0 Å². The zero-order chi connectivity index (χ0) is 12.3. The van der Waals surface area contributed by atoms with E-state index in [2.05, 4.69) is 22.5 Å². The lowest BCUT2D eigenvalue weighted by Crippen LogP contribution is -2.69. The van der Waals surface area contributed by atoms with Gasteiger partial charge in [-0.05, 0) is 25.3 Å². The lowest BCUT2D eigenvalue weighted by atomic mass is 9.74. The summed E-state index contributed by atoms with van der Waals surface area (Å²) < 4.78 is 0. The van der Waals surface area contributed by atoms with E-state index in [0.717, 1.165) is 52.1 Å². The maximum absolute atomic E-state index is 12.1. The van der Waals surface area contributed by atoms with E-state index in [1.807, 2.05) is 0 Å². The Morgan fingerprint density at radius 3 is 2.65 bits per heavy atom. The van der Waals surface area contributed by atoms with Crippen molar-refractivity contribution in [3.05, 3.63) is 0 Å². The molecule has 17 heavy (non-hydrogen) atoms. The van der Waals surface area contributed by atoms with Crippen LogP contribution in [0, 0.1) is 5.92 Å². The van der Waals surface area contributed by atoms with E-state index in [-0.39, 0.29) is 5.91 Å². The number of nitrogens with one attached hydrogen (secondary N) is 2. The summed E-state index contributed by atoms with van der Waals surface area (Å²) >= 11 is 0.